The maximum absolute atomic E-state index is 12.8. The van der Waals surface area contributed by atoms with E-state index in [1.165, 1.54) is 0 Å². The van der Waals surface area contributed by atoms with Crippen molar-refractivity contribution in [2.75, 3.05) is 13.1 Å². The molecule has 1 aliphatic heterocycles. The summed E-state index contributed by atoms with van der Waals surface area (Å²) in [7, 11) is 0. The molecule has 2 heterocycles. The van der Waals surface area contributed by atoms with Gasteiger partial charge in [0, 0.05) is 19.0 Å². The van der Waals surface area contributed by atoms with E-state index >= 15 is 0 Å². The first kappa shape index (κ1) is 13.7. The molecule has 104 valence electrons. The quantitative estimate of drug-likeness (QED) is 0.783. The molecule has 0 spiro atoms. The van der Waals surface area contributed by atoms with Crippen LogP contribution in [0, 0.1) is 5.82 Å². The second-order valence-electron chi connectivity index (χ2n) is 5.67. The highest BCUT2D eigenvalue weighted by Gasteiger charge is 2.31. The largest absolute Gasteiger partial charge is 0.444 e. The van der Waals surface area contributed by atoms with E-state index in [0.717, 1.165) is 18.8 Å². The average Bonchev–Trinajstić information content (AvgIpc) is 2.77. The first-order valence-electron chi connectivity index (χ1n) is 6.30. The van der Waals surface area contributed by atoms with Gasteiger partial charge >= 0.3 is 6.09 Å². The minimum absolute atomic E-state index is 0.0492. The fourth-order valence-electron chi connectivity index (χ4n) is 2.00. The zero-order chi connectivity index (χ0) is 14.0. The molecule has 5 nitrogen and oxygen atoms in total. The maximum Gasteiger partial charge on any atom is 0.410 e. The lowest BCUT2D eigenvalue weighted by molar-refractivity contribution is 0.0292. The number of carbonyl (C=O) groups excluding carboxylic acids is 1. The fraction of sp³-hybridized carbons (Fsp3) is 0.615. The predicted molar refractivity (Wildman–Crippen MR) is 67.2 cm³/mol. The van der Waals surface area contributed by atoms with Crippen LogP contribution in [-0.4, -0.2) is 39.7 Å². The van der Waals surface area contributed by atoms with Crippen molar-refractivity contribution in [3.63, 3.8) is 0 Å². The fourth-order valence-corrected chi connectivity index (χ4v) is 2.00. The summed E-state index contributed by atoms with van der Waals surface area (Å²) < 4.78 is 18.1. The molecular weight excluding hydrogens is 249 g/mol. The topological polar surface area (TPSA) is 55.3 Å². The van der Waals surface area contributed by atoms with Gasteiger partial charge in [0.05, 0.1) is 12.4 Å². The Morgan fingerprint density at radius 3 is 2.63 bits per heavy atom. The summed E-state index contributed by atoms with van der Waals surface area (Å²) in [5.41, 5.74) is -0.498. The normalized spacial score (nSPS) is 19.6. The summed E-state index contributed by atoms with van der Waals surface area (Å²) in [5, 5.41) is 0. The van der Waals surface area contributed by atoms with Crippen molar-refractivity contribution in [3.05, 3.63) is 24.0 Å². The minimum Gasteiger partial charge on any atom is -0.444 e. The lowest BCUT2D eigenvalue weighted by Gasteiger charge is -2.24. The molecule has 1 atom stereocenters. The Morgan fingerprint density at radius 2 is 2.05 bits per heavy atom. The van der Waals surface area contributed by atoms with Crippen LogP contribution in [-0.2, 0) is 4.74 Å². The minimum atomic E-state index is -0.498. The number of ether oxygens (including phenoxy) is 1. The number of likely N-dealkylation sites (tertiary alicyclic amines) is 1. The Hall–Kier alpha value is -1.72. The van der Waals surface area contributed by atoms with Gasteiger partial charge < -0.3 is 9.64 Å². The van der Waals surface area contributed by atoms with Crippen LogP contribution < -0.4 is 0 Å². The Kier molecular flexibility index (Phi) is 3.68. The maximum atomic E-state index is 12.8. The van der Waals surface area contributed by atoms with Gasteiger partial charge in [0.1, 0.15) is 11.4 Å². The molecule has 1 amide bonds. The third-order valence-electron chi connectivity index (χ3n) is 2.85. The summed E-state index contributed by atoms with van der Waals surface area (Å²) in [5.74, 6) is 0.173. The molecule has 0 aliphatic carbocycles. The number of halogens is 1. The van der Waals surface area contributed by atoms with E-state index in [1.54, 1.807) is 4.90 Å². The smallest absolute Gasteiger partial charge is 0.410 e. The van der Waals surface area contributed by atoms with Crippen LogP contribution in [0.5, 0.6) is 0 Å². The Morgan fingerprint density at radius 1 is 1.42 bits per heavy atom. The van der Waals surface area contributed by atoms with Crippen molar-refractivity contribution >= 4 is 6.09 Å². The third-order valence-corrected chi connectivity index (χ3v) is 2.85. The van der Waals surface area contributed by atoms with E-state index in [0.29, 0.717) is 18.9 Å². The van der Waals surface area contributed by atoms with E-state index < -0.39 is 11.4 Å². The van der Waals surface area contributed by atoms with Gasteiger partial charge in [-0.05, 0) is 27.2 Å². The van der Waals surface area contributed by atoms with E-state index in [-0.39, 0.29) is 12.0 Å². The number of amides is 1. The van der Waals surface area contributed by atoms with Gasteiger partial charge in [-0.2, -0.15) is 0 Å². The van der Waals surface area contributed by atoms with Crippen LogP contribution in [0.2, 0.25) is 0 Å². The second kappa shape index (κ2) is 5.11. The van der Waals surface area contributed by atoms with Crippen LogP contribution in [0.3, 0.4) is 0 Å². The molecule has 2 rings (SSSR count). The third kappa shape index (κ3) is 3.62. The van der Waals surface area contributed by atoms with Gasteiger partial charge in [0.15, 0.2) is 5.82 Å². The molecular formula is C13H18FN3O2. The molecule has 1 aromatic rings. The Balaban J connectivity index is 1.96. The van der Waals surface area contributed by atoms with Crippen molar-refractivity contribution in [2.24, 2.45) is 0 Å². The summed E-state index contributed by atoms with van der Waals surface area (Å²) in [4.78, 5) is 21.5. The molecule has 1 aliphatic rings. The summed E-state index contributed by atoms with van der Waals surface area (Å²) in [6, 6.07) is 0. The van der Waals surface area contributed by atoms with E-state index in [4.69, 9.17) is 4.74 Å². The van der Waals surface area contributed by atoms with E-state index in [9.17, 15) is 9.18 Å². The highest BCUT2D eigenvalue weighted by atomic mass is 19.1. The predicted octanol–water partition coefficient (Wildman–Crippen LogP) is 2.34. The van der Waals surface area contributed by atoms with Gasteiger partial charge in [-0.3, -0.25) is 0 Å². The van der Waals surface area contributed by atoms with Crippen LogP contribution in [0.15, 0.2) is 12.4 Å². The summed E-state index contributed by atoms with van der Waals surface area (Å²) >= 11 is 0. The summed E-state index contributed by atoms with van der Waals surface area (Å²) in [6.45, 7) is 6.63. The first-order chi connectivity index (χ1) is 8.85. The monoisotopic (exact) mass is 267 g/mol. The van der Waals surface area contributed by atoms with Gasteiger partial charge in [-0.1, -0.05) is 0 Å². The molecule has 0 N–H and O–H groups in total. The molecule has 0 radical (unpaired) electrons. The highest BCUT2D eigenvalue weighted by Crippen LogP contribution is 2.25. The lowest BCUT2D eigenvalue weighted by Crippen LogP contribution is -2.35. The highest BCUT2D eigenvalue weighted by molar-refractivity contribution is 5.68. The number of aromatic nitrogens is 2. The molecule has 19 heavy (non-hydrogen) atoms. The van der Waals surface area contributed by atoms with Gasteiger partial charge in [0.25, 0.3) is 0 Å². The summed E-state index contributed by atoms with van der Waals surface area (Å²) in [6.07, 6.45) is 2.75. The molecule has 1 fully saturated rings. The Labute approximate surface area is 111 Å². The number of hydrogen-bond donors (Lipinski definition) is 0. The lowest BCUT2D eigenvalue weighted by atomic mass is 10.1. The number of carbonyl (C=O) groups is 1. The molecule has 0 bridgehead atoms. The molecule has 0 saturated carbocycles. The van der Waals surface area contributed by atoms with Crippen LogP contribution >= 0.6 is 0 Å². The molecule has 1 saturated heterocycles. The average molecular weight is 267 g/mol. The zero-order valence-electron chi connectivity index (χ0n) is 11.4. The van der Waals surface area contributed by atoms with Crippen LogP contribution in [0.25, 0.3) is 0 Å². The van der Waals surface area contributed by atoms with Crippen molar-refractivity contribution in [3.8, 4) is 0 Å². The first-order valence-corrected chi connectivity index (χ1v) is 6.30. The standard InChI is InChI=1S/C13H18FN3O2/c1-13(2,3)19-12(18)17-5-4-9(8-17)11-15-6-10(14)7-16-11/h6-7,9H,4-5,8H2,1-3H3. The van der Waals surface area contributed by atoms with Crippen LogP contribution in [0.4, 0.5) is 9.18 Å². The molecule has 0 aromatic carbocycles. The zero-order valence-corrected chi connectivity index (χ0v) is 11.4. The SMILES string of the molecule is CC(C)(C)OC(=O)N1CCC(c2ncc(F)cn2)C1. The van der Waals surface area contributed by atoms with Crippen molar-refractivity contribution < 1.29 is 13.9 Å². The van der Waals surface area contributed by atoms with Crippen molar-refractivity contribution in [1.82, 2.24) is 14.9 Å². The van der Waals surface area contributed by atoms with Gasteiger partial charge in [-0.15, -0.1) is 0 Å². The number of hydrogen-bond acceptors (Lipinski definition) is 4. The van der Waals surface area contributed by atoms with Crippen molar-refractivity contribution in [2.45, 2.75) is 38.7 Å². The Bertz CT molecular complexity index is 456. The number of nitrogens with zero attached hydrogens (tertiary/aromatic N) is 3. The second-order valence-corrected chi connectivity index (χ2v) is 5.67. The van der Waals surface area contributed by atoms with Gasteiger partial charge in [-0.25, -0.2) is 19.2 Å². The molecule has 1 unspecified atom stereocenters. The number of rotatable bonds is 1. The van der Waals surface area contributed by atoms with E-state index in [1.807, 2.05) is 20.8 Å². The molecule has 6 heteroatoms. The van der Waals surface area contributed by atoms with Crippen molar-refractivity contribution in [1.29, 1.82) is 0 Å². The van der Waals surface area contributed by atoms with Crippen LogP contribution in [0.1, 0.15) is 38.9 Å². The van der Waals surface area contributed by atoms with Gasteiger partial charge in [0.2, 0.25) is 0 Å². The van der Waals surface area contributed by atoms with E-state index in [2.05, 4.69) is 9.97 Å². The molecule has 1 aromatic heterocycles.